The zero-order valence-electron chi connectivity index (χ0n) is 12.7. The molecule has 0 amide bonds. The molecule has 0 aliphatic carbocycles. The third kappa shape index (κ3) is 3.33. The van der Waals surface area contributed by atoms with E-state index in [2.05, 4.69) is 42.3 Å². The number of fused-ring (bicyclic) bond motifs is 1. The maximum Gasteiger partial charge on any atom is 0.122 e. The summed E-state index contributed by atoms with van der Waals surface area (Å²) >= 11 is 0. The molecule has 3 heteroatoms. The van der Waals surface area contributed by atoms with Crippen LogP contribution in [-0.4, -0.2) is 43.2 Å². The number of benzene rings is 1. The smallest absolute Gasteiger partial charge is 0.122 e. The quantitative estimate of drug-likeness (QED) is 0.915. The second-order valence-electron chi connectivity index (χ2n) is 6.73. The fourth-order valence-corrected chi connectivity index (χ4v) is 3.30. The summed E-state index contributed by atoms with van der Waals surface area (Å²) in [4.78, 5) is 2.60. The van der Waals surface area contributed by atoms with Gasteiger partial charge in [-0.3, -0.25) is 0 Å². The van der Waals surface area contributed by atoms with E-state index < -0.39 is 0 Å². The van der Waals surface area contributed by atoms with Gasteiger partial charge in [0.25, 0.3) is 0 Å². The van der Waals surface area contributed by atoms with Gasteiger partial charge in [-0.2, -0.15) is 0 Å². The second-order valence-corrected chi connectivity index (χ2v) is 6.73. The van der Waals surface area contributed by atoms with Crippen molar-refractivity contribution in [1.82, 2.24) is 10.2 Å². The molecule has 1 saturated heterocycles. The van der Waals surface area contributed by atoms with Crippen molar-refractivity contribution in [2.45, 2.75) is 38.6 Å². The molecule has 0 aromatic heterocycles. The Labute approximate surface area is 122 Å². The Bertz CT molecular complexity index is 470. The van der Waals surface area contributed by atoms with Crippen molar-refractivity contribution in [2.75, 3.05) is 32.8 Å². The minimum atomic E-state index is 0.238. The van der Waals surface area contributed by atoms with E-state index in [4.69, 9.17) is 4.74 Å². The minimum Gasteiger partial charge on any atom is -0.493 e. The van der Waals surface area contributed by atoms with Gasteiger partial charge in [-0.25, -0.2) is 0 Å². The largest absolute Gasteiger partial charge is 0.493 e. The molecule has 1 aromatic rings. The molecule has 0 radical (unpaired) electrons. The summed E-state index contributed by atoms with van der Waals surface area (Å²) in [5, 5.41) is 3.62. The molecule has 110 valence electrons. The molecule has 20 heavy (non-hydrogen) atoms. The van der Waals surface area contributed by atoms with E-state index in [9.17, 15) is 0 Å². The first-order valence-corrected chi connectivity index (χ1v) is 7.84. The molecular weight excluding hydrogens is 248 g/mol. The Morgan fingerprint density at radius 3 is 3.15 bits per heavy atom. The Balaban J connectivity index is 1.58. The monoisotopic (exact) mass is 274 g/mol. The lowest BCUT2D eigenvalue weighted by Gasteiger charge is -2.30. The molecule has 1 aromatic carbocycles. The van der Waals surface area contributed by atoms with Crippen LogP contribution in [0, 0.1) is 0 Å². The van der Waals surface area contributed by atoms with E-state index in [1.54, 1.807) is 0 Å². The van der Waals surface area contributed by atoms with Crippen molar-refractivity contribution < 1.29 is 4.74 Å². The summed E-state index contributed by atoms with van der Waals surface area (Å²) < 4.78 is 5.57. The Morgan fingerprint density at radius 2 is 2.25 bits per heavy atom. The lowest BCUT2D eigenvalue weighted by Crippen LogP contribution is -2.46. The third-order valence-electron chi connectivity index (χ3n) is 4.34. The average Bonchev–Trinajstić information content (AvgIpc) is 2.80. The predicted octanol–water partition coefficient (Wildman–Crippen LogP) is 2.24. The summed E-state index contributed by atoms with van der Waals surface area (Å²) in [6, 6.07) is 6.71. The molecule has 0 atom stereocenters. The van der Waals surface area contributed by atoms with Crippen LogP contribution < -0.4 is 10.1 Å². The number of ether oxygens (including phenoxy) is 1. The molecule has 2 aliphatic heterocycles. The Kier molecular flexibility index (Phi) is 3.99. The van der Waals surface area contributed by atoms with Crippen LogP contribution in [0.5, 0.6) is 5.75 Å². The fraction of sp³-hybridized carbons (Fsp3) is 0.647. The number of nitrogens with one attached hydrogen (secondary N) is 1. The zero-order chi connectivity index (χ0) is 14.0. The average molecular weight is 274 g/mol. The van der Waals surface area contributed by atoms with E-state index in [1.165, 1.54) is 24.1 Å². The Hall–Kier alpha value is -1.06. The molecule has 2 aliphatic rings. The molecule has 0 spiro atoms. The van der Waals surface area contributed by atoms with Crippen LogP contribution in [0.25, 0.3) is 0 Å². The van der Waals surface area contributed by atoms with Gasteiger partial charge in [0.2, 0.25) is 0 Å². The molecule has 3 nitrogen and oxygen atoms in total. The lowest BCUT2D eigenvalue weighted by molar-refractivity contribution is 0.233. The summed E-state index contributed by atoms with van der Waals surface area (Å²) in [5.74, 6) is 1.09. The molecule has 0 bridgehead atoms. The van der Waals surface area contributed by atoms with E-state index in [0.29, 0.717) is 0 Å². The van der Waals surface area contributed by atoms with Crippen LogP contribution in [0.2, 0.25) is 0 Å². The van der Waals surface area contributed by atoms with Gasteiger partial charge < -0.3 is 15.0 Å². The van der Waals surface area contributed by atoms with Crippen molar-refractivity contribution in [1.29, 1.82) is 0 Å². The van der Waals surface area contributed by atoms with Crippen molar-refractivity contribution in [3.8, 4) is 5.75 Å². The minimum absolute atomic E-state index is 0.238. The summed E-state index contributed by atoms with van der Waals surface area (Å²) in [5.41, 5.74) is 3.08. The number of rotatable bonds is 3. The van der Waals surface area contributed by atoms with Gasteiger partial charge in [-0.1, -0.05) is 12.1 Å². The van der Waals surface area contributed by atoms with Gasteiger partial charge in [0.05, 0.1) is 6.61 Å². The van der Waals surface area contributed by atoms with E-state index in [-0.39, 0.29) is 5.54 Å². The highest BCUT2D eigenvalue weighted by atomic mass is 16.5. The standard InChI is InChI=1S/C17H26N2O/c1-17(2)13-19(9-3-8-18-17)10-6-14-4-5-16-15(12-14)7-11-20-16/h4-5,12,18H,3,6-11,13H2,1-2H3. The normalized spacial score (nSPS) is 22.1. The third-order valence-corrected chi connectivity index (χ3v) is 4.34. The molecule has 2 heterocycles. The van der Waals surface area contributed by atoms with Crippen LogP contribution in [0.1, 0.15) is 31.4 Å². The van der Waals surface area contributed by atoms with Crippen LogP contribution in [0.4, 0.5) is 0 Å². The predicted molar refractivity (Wildman–Crippen MR) is 82.5 cm³/mol. The summed E-state index contributed by atoms with van der Waals surface area (Å²) in [6.45, 7) is 10.1. The maximum absolute atomic E-state index is 5.57. The molecule has 0 saturated carbocycles. The van der Waals surface area contributed by atoms with Crippen molar-refractivity contribution in [3.63, 3.8) is 0 Å². The molecule has 0 unspecified atom stereocenters. The van der Waals surface area contributed by atoms with E-state index >= 15 is 0 Å². The maximum atomic E-state index is 5.57. The fourth-order valence-electron chi connectivity index (χ4n) is 3.30. The highest BCUT2D eigenvalue weighted by Crippen LogP contribution is 2.26. The number of hydrogen-bond acceptors (Lipinski definition) is 3. The van der Waals surface area contributed by atoms with E-state index in [1.807, 2.05) is 0 Å². The van der Waals surface area contributed by atoms with Gasteiger partial charge in [-0.05, 0) is 57.0 Å². The summed E-state index contributed by atoms with van der Waals surface area (Å²) in [6.07, 6.45) is 3.47. The van der Waals surface area contributed by atoms with Gasteiger partial charge in [0, 0.05) is 25.0 Å². The van der Waals surface area contributed by atoms with Crippen molar-refractivity contribution in [2.24, 2.45) is 0 Å². The zero-order valence-corrected chi connectivity index (χ0v) is 12.7. The number of nitrogens with zero attached hydrogens (tertiary/aromatic N) is 1. The van der Waals surface area contributed by atoms with Crippen LogP contribution in [0.3, 0.4) is 0 Å². The van der Waals surface area contributed by atoms with Crippen LogP contribution >= 0.6 is 0 Å². The molecule has 1 N–H and O–H groups in total. The van der Waals surface area contributed by atoms with Gasteiger partial charge in [0.15, 0.2) is 0 Å². The number of hydrogen-bond donors (Lipinski definition) is 1. The van der Waals surface area contributed by atoms with Crippen LogP contribution in [-0.2, 0) is 12.8 Å². The SMILES string of the molecule is CC1(C)CN(CCc2ccc3c(c2)CCO3)CCCN1. The highest BCUT2D eigenvalue weighted by molar-refractivity contribution is 5.39. The van der Waals surface area contributed by atoms with Gasteiger partial charge in [0.1, 0.15) is 5.75 Å². The summed E-state index contributed by atoms with van der Waals surface area (Å²) in [7, 11) is 0. The highest BCUT2D eigenvalue weighted by Gasteiger charge is 2.23. The first kappa shape index (κ1) is 13.9. The Morgan fingerprint density at radius 1 is 1.35 bits per heavy atom. The second kappa shape index (κ2) is 5.74. The lowest BCUT2D eigenvalue weighted by atomic mass is 10.0. The van der Waals surface area contributed by atoms with Crippen LogP contribution in [0.15, 0.2) is 18.2 Å². The van der Waals surface area contributed by atoms with E-state index in [0.717, 1.165) is 44.8 Å². The molecular formula is C17H26N2O. The van der Waals surface area contributed by atoms with Crippen molar-refractivity contribution >= 4 is 0 Å². The molecule has 1 fully saturated rings. The van der Waals surface area contributed by atoms with Gasteiger partial charge in [-0.15, -0.1) is 0 Å². The van der Waals surface area contributed by atoms with Crippen molar-refractivity contribution in [3.05, 3.63) is 29.3 Å². The molecule has 3 rings (SSSR count). The van der Waals surface area contributed by atoms with Gasteiger partial charge >= 0.3 is 0 Å². The first-order chi connectivity index (χ1) is 9.62. The first-order valence-electron chi connectivity index (χ1n) is 7.84. The topological polar surface area (TPSA) is 24.5 Å².